The number of esters is 2. The van der Waals surface area contributed by atoms with Gasteiger partial charge in [0.05, 0.1) is 33.0 Å². The van der Waals surface area contributed by atoms with E-state index in [2.05, 4.69) is 52.1 Å². The fraction of sp³-hybridized carbons (Fsp3) is 0.600. The van der Waals surface area contributed by atoms with Crippen LogP contribution in [0.1, 0.15) is 68.3 Å². The number of carbonyl (C=O) groups is 2. The molecule has 1 aliphatic carbocycles. The summed E-state index contributed by atoms with van der Waals surface area (Å²) in [5.41, 5.74) is -0.635. The van der Waals surface area contributed by atoms with Crippen molar-refractivity contribution in [2.45, 2.75) is 92.6 Å². The molecule has 0 radical (unpaired) electrons. The summed E-state index contributed by atoms with van der Waals surface area (Å²) in [5, 5.41) is 26.2. The average Bonchev–Trinajstić information content (AvgIpc) is 3.88. The predicted molar refractivity (Wildman–Crippen MR) is 216 cm³/mol. The molecule has 0 amide bonds. The van der Waals surface area contributed by atoms with Crippen LogP contribution in [-0.2, 0) is 41.1 Å². The van der Waals surface area contributed by atoms with Gasteiger partial charge in [0, 0.05) is 91.1 Å². The van der Waals surface area contributed by atoms with Crippen molar-refractivity contribution in [2.75, 3.05) is 73.1 Å². The molecule has 306 valence electrons. The van der Waals surface area contributed by atoms with Crippen LogP contribution in [0.15, 0.2) is 48.6 Å². The van der Waals surface area contributed by atoms with E-state index in [0.29, 0.717) is 56.4 Å². The number of benzene rings is 2. The Balaban J connectivity index is 1.37. The third kappa shape index (κ3) is 4.85. The Hall–Kier alpha value is -3.94. The van der Waals surface area contributed by atoms with Crippen LogP contribution in [-0.4, -0.2) is 135 Å². The number of carbonyl (C=O) groups excluding carboxylic acids is 2. The highest BCUT2D eigenvalue weighted by Gasteiger charge is 2.79. The maximum absolute atomic E-state index is 15.3. The van der Waals surface area contributed by atoms with Gasteiger partial charge >= 0.3 is 11.9 Å². The molecule has 10 atom stereocenters. The highest BCUT2D eigenvalue weighted by atomic mass is 16.6. The highest BCUT2D eigenvalue weighted by molar-refractivity contribution is 5.95. The number of nitrogens with zero attached hydrogens (tertiary/aromatic N) is 3. The molecule has 6 heterocycles. The Morgan fingerprint density at radius 1 is 0.947 bits per heavy atom. The first kappa shape index (κ1) is 38.6. The van der Waals surface area contributed by atoms with Gasteiger partial charge in [-0.25, -0.2) is 4.79 Å². The number of anilines is 1. The fourth-order valence-corrected chi connectivity index (χ4v) is 13.5. The molecule has 2 aromatic carbocycles. The lowest BCUT2D eigenvalue weighted by Crippen LogP contribution is -2.81. The van der Waals surface area contributed by atoms with Crippen LogP contribution >= 0.6 is 0 Å². The predicted octanol–water partition coefficient (Wildman–Crippen LogP) is 4.07. The second-order valence-corrected chi connectivity index (χ2v) is 17.8. The molecule has 12 nitrogen and oxygen atoms in total. The second-order valence-electron chi connectivity index (χ2n) is 17.8. The summed E-state index contributed by atoms with van der Waals surface area (Å²) in [6.45, 7) is 7.68. The maximum Gasteiger partial charge on any atom is 0.342 e. The fourth-order valence-electron chi connectivity index (χ4n) is 13.5. The molecule has 2 bridgehead atoms. The van der Waals surface area contributed by atoms with Crippen molar-refractivity contribution >= 4 is 28.5 Å². The zero-order valence-electron chi connectivity index (χ0n) is 34.4. The minimum Gasteiger partial charge on any atom is -0.496 e. The van der Waals surface area contributed by atoms with Gasteiger partial charge in [0.25, 0.3) is 0 Å². The Morgan fingerprint density at radius 3 is 2.42 bits per heavy atom. The smallest absolute Gasteiger partial charge is 0.342 e. The van der Waals surface area contributed by atoms with E-state index in [4.69, 9.17) is 18.9 Å². The van der Waals surface area contributed by atoms with Gasteiger partial charge in [-0.15, -0.1) is 0 Å². The lowest BCUT2D eigenvalue weighted by Gasteiger charge is -2.63. The standard InChI is InChI=1S/C45H58N4O8/c1-8-41(52)23-27-24-44(39(50)56-6,35-29(15-19-48(25-27)26-41)28-13-10-11-14-32(28)46-35)31-21-30-33(22-34(31)54-4)47(3)37-43(30)17-20-49-18-12-16-42(9-2,36(43)49)38(55-5)45(37,53)40(51)57-7/h10-14,16,21-22,27,36-38,46,52-53H,8-9,15,17-20,23-26H2,1-7H3/t27-,36?,37?,38+,41-,42+,43?,44-,45-/m0/s1. The number of fused-ring (bicyclic) bond motifs is 6. The Bertz CT molecular complexity index is 2150. The number of aliphatic hydroxyl groups is 2. The molecule has 5 aliphatic heterocycles. The van der Waals surface area contributed by atoms with Crippen LogP contribution in [0.5, 0.6) is 5.75 Å². The number of piperidine rings is 1. The number of para-hydroxylation sites is 1. The minimum atomic E-state index is -2.06. The van der Waals surface area contributed by atoms with Crippen LogP contribution < -0.4 is 9.64 Å². The van der Waals surface area contributed by atoms with Gasteiger partial charge in [0.1, 0.15) is 17.3 Å². The molecule has 1 spiro atoms. The molecule has 1 aromatic heterocycles. The van der Waals surface area contributed by atoms with Gasteiger partial charge in [0.2, 0.25) is 5.60 Å². The van der Waals surface area contributed by atoms with E-state index in [9.17, 15) is 15.0 Å². The normalized spacial score (nSPS) is 38.0. The van der Waals surface area contributed by atoms with Gasteiger partial charge in [-0.2, -0.15) is 0 Å². The van der Waals surface area contributed by atoms with E-state index in [0.717, 1.165) is 59.6 Å². The van der Waals surface area contributed by atoms with E-state index >= 15 is 4.79 Å². The Labute approximate surface area is 335 Å². The number of hydrogen-bond donors (Lipinski definition) is 3. The van der Waals surface area contributed by atoms with Crippen LogP contribution in [0.2, 0.25) is 0 Å². The Kier molecular flexibility index (Phi) is 8.99. The third-order valence-corrected chi connectivity index (χ3v) is 15.6. The number of aromatic amines is 1. The molecule has 3 N–H and O–H groups in total. The van der Waals surface area contributed by atoms with Crippen LogP contribution in [0, 0.1) is 11.3 Å². The molecule has 3 aromatic rings. The van der Waals surface area contributed by atoms with Gasteiger partial charge in [-0.05, 0) is 74.2 Å². The number of aromatic nitrogens is 1. The Morgan fingerprint density at radius 2 is 1.72 bits per heavy atom. The first-order chi connectivity index (χ1) is 27.4. The highest BCUT2D eigenvalue weighted by Crippen LogP contribution is 2.68. The van der Waals surface area contributed by atoms with Gasteiger partial charge in [-0.3, -0.25) is 14.6 Å². The number of H-pyrrole nitrogens is 1. The molecule has 57 heavy (non-hydrogen) atoms. The number of methoxy groups -OCH3 is 4. The first-order valence-electron chi connectivity index (χ1n) is 20.7. The van der Waals surface area contributed by atoms with Crippen molar-refractivity contribution in [1.82, 2.24) is 14.8 Å². The summed E-state index contributed by atoms with van der Waals surface area (Å²) in [7, 11) is 7.93. The summed E-state index contributed by atoms with van der Waals surface area (Å²) in [6.07, 6.45) is 6.88. The van der Waals surface area contributed by atoms with E-state index < -0.39 is 51.5 Å². The number of ether oxygens (including phenoxy) is 4. The van der Waals surface area contributed by atoms with Crippen molar-refractivity contribution in [3.63, 3.8) is 0 Å². The van der Waals surface area contributed by atoms with Crippen molar-refractivity contribution < 1.29 is 38.7 Å². The largest absolute Gasteiger partial charge is 0.496 e. The van der Waals surface area contributed by atoms with Crippen molar-refractivity contribution in [1.29, 1.82) is 0 Å². The van der Waals surface area contributed by atoms with E-state index in [1.165, 1.54) is 14.2 Å². The molecule has 12 heteroatoms. The summed E-state index contributed by atoms with van der Waals surface area (Å²) in [4.78, 5) is 40.2. The minimum absolute atomic E-state index is 0.0635. The zero-order valence-corrected chi connectivity index (χ0v) is 34.4. The topological polar surface area (TPSA) is 137 Å². The maximum atomic E-state index is 15.3. The van der Waals surface area contributed by atoms with Crippen LogP contribution in [0.4, 0.5) is 5.69 Å². The molecule has 9 rings (SSSR count). The molecular formula is C45H58N4O8. The second kappa shape index (κ2) is 13.3. The monoisotopic (exact) mass is 782 g/mol. The molecule has 3 fully saturated rings. The lowest BCUT2D eigenvalue weighted by molar-refractivity contribution is -0.225. The van der Waals surface area contributed by atoms with E-state index in [1.807, 2.05) is 37.1 Å². The van der Waals surface area contributed by atoms with Gasteiger partial charge in [0.15, 0.2) is 0 Å². The summed E-state index contributed by atoms with van der Waals surface area (Å²) >= 11 is 0. The van der Waals surface area contributed by atoms with Crippen LogP contribution in [0.25, 0.3) is 10.9 Å². The molecule has 2 saturated heterocycles. The van der Waals surface area contributed by atoms with Crippen molar-refractivity contribution in [2.24, 2.45) is 11.3 Å². The van der Waals surface area contributed by atoms with Gasteiger partial charge < -0.3 is 39.0 Å². The lowest BCUT2D eigenvalue weighted by atomic mass is 9.47. The molecule has 4 unspecified atom stereocenters. The third-order valence-electron chi connectivity index (χ3n) is 15.6. The number of rotatable bonds is 7. The van der Waals surface area contributed by atoms with Crippen molar-refractivity contribution in [3.05, 3.63) is 70.9 Å². The van der Waals surface area contributed by atoms with Crippen LogP contribution in [0.3, 0.4) is 0 Å². The number of likely N-dealkylation sites (N-methyl/N-ethyl adjacent to an activating group) is 1. The van der Waals surface area contributed by atoms with E-state index in [-0.39, 0.29) is 12.0 Å². The summed E-state index contributed by atoms with van der Waals surface area (Å²) in [6, 6.07) is 11.5. The summed E-state index contributed by atoms with van der Waals surface area (Å²) in [5.74, 6) is -0.692. The number of nitrogens with one attached hydrogen (secondary N) is 1. The SMILES string of the molecule is CC[C@]1(O)C[C@@H]2CN(CCc3c([nH]c4ccccc34)[C@@](C(=O)OC)(c3cc4c(cc3OC)N(C)C3C45CCN4CC=C[C@](CC)(C45)[C@@H](OC)[C@]3(O)C(=O)OC)C2)C1. The summed E-state index contributed by atoms with van der Waals surface area (Å²) < 4.78 is 24.1. The molecular weight excluding hydrogens is 725 g/mol. The molecule has 1 saturated carbocycles. The number of hydrogen-bond acceptors (Lipinski definition) is 11. The quantitative estimate of drug-likeness (QED) is 0.237. The van der Waals surface area contributed by atoms with Gasteiger partial charge in [-0.1, -0.05) is 44.2 Å². The zero-order chi connectivity index (χ0) is 40.3. The molecule has 6 aliphatic rings. The average molecular weight is 783 g/mol. The first-order valence-corrected chi connectivity index (χ1v) is 20.7. The van der Waals surface area contributed by atoms with Crippen molar-refractivity contribution in [3.8, 4) is 5.75 Å². The van der Waals surface area contributed by atoms with E-state index in [1.54, 1.807) is 14.2 Å².